The van der Waals surface area contributed by atoms with E-state index in [0.717, 1.165) is 13.0 Å². The molecule has 1 nitrogen and oxygen atoms in total. The van der Waals surface area contributed by atoms with E-state index in [1.807, 2.05) is 0 Å². The molecule has 20 heavy (non-hydrogen) atoms. The first-order valence-corrected chi connectivity index (χ1v) is 16.9. The van der Waals surface area contributed by atoms with Crippen molar-refractivity contribution >= 4 is 18.4 Å². The summed E-state index contributed by atoms with van der Waals surface area (Å²) in [4.78, 5) is 0. The minimum absolute atomic E-state index is 0.198. The van der Waals surface area contributed by atoms with Crippen molar-refractivity contribution in [3.05, 3.63) is 0 Å². The Kier molecular flexibility index (Phi) is 9.71. The van der Waals surface area contributed by atoms with Gasteiger partial charge in [-0.15, -0.1) is 0 Å². The van der Waals surface area contributed by atoms with Gasteiger partial charge in [-0.3, -0.25) is 0 Å². The van der Waals surface area contributed by atoms with E-state index in [-0.39, 0.29) is 4.41 Å². The second kappa shape index (κ2) is 11.3. The summed E-state index contributed by atoms with van der Waals surface area (Å²) in [5.41, 5.74) is 0. The molecule has 2 heteroatoms. The van der Waals surface area contributed by atoms with Gasteiger partial charge in [-0.05, 0) is 0 Å². The van der Waals surface area contributed by atoms with E-state index >= 15 is 0 Å². The molecule has 0 N–H and O–H groups in total. The Hall–Kier alpha value is 0.759. The number of unbranched alkanes of at least 4 members (excludes halogenated alkanes) is 3. The van der Waals surface area contributed by atoms with E-state index in [2.05, 4.69) is 20.8 Å². The van der Waals surface area contributed by atoms with Gasteiger partial charge in [0.15, 0.2) is 0 Å². The first-order valence-electron chi connectivity index (χ1n) is 9.81. The van der Waals surface area contributed by atoms with Crippen LogP contribution in [0.1, 0.15) is 79.9 Å². The van der Waals surface area contributed by atoms with E-state index in [1.165, 1.54) is 64.7 Å². The molecule has 0 spiro atoms. The van der Waals surface area contributed by atoms with Crippen molar-refractivity contribution in [3.63, 3.8) is 0 Å². The van der Waals surface area contributed by atoms with Crippen molar-refractivity contribution < 1.29 is 6.11 Å². The molecule has 0 aromatic carbocycles. The molecule has 1 unspecified atom stereocenters. The quantitative estimate of drug-likeness (QED) is 0.371. The summed E-state index contributed by atoms with van der Waals surface area (Å²) in [6.07, 6.45) is 12.0. The van der Waals surface area contributed by atoms with Crippen molar-refractivity contribution in [1.29, 1.82) is 0 Å². The summed E-state index contributed by atoms with van der Waals surface area (Å²) in [7, 11) is 0. The minimum atomic E-state index is -2.39. The summed E-state index contributed by atoms with van der Waals surface area (Å²) in [6.45, 7) is 7.85. The molecule has 0 amide bonds. The van der Waals surface area contributed by atoms with Crippen LogP contribution in [0, 0.1) is 0 Å². The number of hydrogen-bond acceptors (Lipinski definition) is 1. The average molecular weight is 390 g/mol. The van der Waals surface area contributed by atoms with Crippen molar-refractivity contribution in [3.8, 4) is 0 Å². The second-order valence-corrected chi connectivity index (χ2v) is 19.8. The molecule has 0 bridgehead atoms. The third-order valence-corrected chi connectivity index (χ3v) is 19.5. The fourth-order valence-electron chi connectivity index (χ4n) is 3.50. The summed E-state index contributed by atoms with van der Waals surface area (Å²) in [6, 6.07) is 0. The average Bonchev–Trinajstić information content (AvgIpc) is 2.55. The summed E-state index contributed by atoms with van der Waals surface area (Å²) in [5, 5.41) is 0. The molecule has 0 aromatic heterocycles. The summed E-state index contributed by atoms with van der Waals surface area (Å²) < 4.78 is 19.7. The first kappa shape index (κ1) is 17.1. The molecule has 1 heterocycles. The molecule has 0 radical (unpaired) electrons. The monoisotopic (exact) mass is 391 g/mol. The van der Waals surface area contributed by atoms with Crippen LogP contribution in [0.4, 0.5) is 0 Å². The Labute approximate surface area is 133 Å². The molecule has 0 saturated carbocycles. The van der Waals surface area contributed by atoms with Gasteiger partial charge in [0.1, 0.15) is 0 Å². The van der Waals surface area contributed by atoms with E-state index in [4.69, 9.17) is 6.11 Å². The predicted octanol–water partition coefficient (Wildman–Crippen LogP) is 6.40. The van der Waals surface area contributed by atoms with Crippen LogP contribution in [-0.2, 0) is 4.74 Å². The molecule has 1 rings (SSSR count). The molecule has 0 aliphatic carbocycles. The molecule has 1 aliphatic rings. The fraction of sp³-hybridized carbons (Fsp3) is 1.00. The summed E-state index contributed by atoms with van der Waals surface area (Å²) in [5.74, 6) is 0. The topological polar surface area (TPSA) is 9.23 Å². The SMILES string of the molecule is [2H][C@@H](C1CCCCO1)[Sn]([CH2]CCC)([CH2]CCC)[CH2]CCC. The van der Waals surface area contributed by atoms with Crippen LogP contribution >= 0.6 is 0 Å². The fourth-order valence-corrected chi connectivity index (χ4v) is 19.1. The van der Waals surface area contributed by atoms with Gasteiger partial charge in [-0.1, -0.05) is 0 Å². The van der Waals surface area contributed by atoms with E-state index in [1.54, 1.807) is 0 Å². The number of ether oxygens (including phenoxy) is 1. The molecular weight excluding hydrogens is 351 g/mol. The second-order valence-electron chi connectivity index (χ2n) is 6.74. The van der Waals surface area contributed by atoms with Crippen LogP contribution in [0.25, 0.3) is 0 Å². The molecular formula is C18H38OSn. The van der Waals surface area contributed by atoms with Crippen LogP contribution in [0.5, 0.6) is 0 Å². The van der Waals surface area contributed by atoms with Crippen LogP contribution in [0.2, 0.25) is 17.7 Å². The van der Waals surface area contributed by atoms with Crippen LogP contribution in [0.15, 0.2) is 0 Å². The Morgan fingerprint density at radius 3 is 1.90 bits per heavy atom. The van der Waals surface area contributed by atoms with Gasteiger partial charge in [0.25, 0.3) is 0 Å². The van der Waals surface area contributed by atoms with Gasteiger partial charge in [0, 0.05) is 0 Å². The van der Waals surface area contributed by atoms with Crippen molar-refractivity contribution in [2.45, 2.75) is 102 Å². The van der Waals surface area contributed by atoms with Gasteiger partial charge < -0.3 is 0 Å². The van der Waals surface area contributed by atoms with Crippen LogP contribution < -0.4 is 0 Å². The zero-order chi connectivity index (χ0) is 15.6. The van der Waals surface area contributed by atoms with Gasteiger partial charge >= 0.3 is 133 Å². The van der Waals surface area contributed by atoms with E-state index < -0.39 is 18.4 Å². The Bertz CT molecular complexity index is 232. The Balaban J connectivity index is 2.81. The zero-order valence-electron chi connectivity index (χ0n) is 15.3. The van der Waals surface area contributed by atoms with Gasteiger partial charge in [0.05, 0.1) is 0 Å². The molecule has 2 atom stereocenters. The number of hydrogen-bond donors (Lipinski definition) is 0. The van der Waals surface area contributed by atoms with Crippen molar-refractivity contribution in [1.82, 2.24) is 0 Å². The van der Waals surface area contributed by atoms with Crippen LogP contribution in [-0.4, -0.2) is 31.1 Å². The maximum absolute atomic E-state index is 9.08. The molecule has 120 valence electrons. The molecule has 1 saturated heterocycles. The Morgan fingerprint density at radius 1 is 0.950 bits per heavy atom. The van der Waals surface area contributed by atoms with Crippen molar-refractivity contribution in [2.75, 3.05) is 6.61 Å². The zero-order valence-corrected chi connectivity index (χ0v) is 17.1. The van der Waals surface area contributed by atoms with E-state index in [9.17, 15) is 0 Å². The number of rotatable bonds is 11. The van der Waals surface area contributed by atoms with E-state index in [0.29, 0.717) is 6.10 Å². The maximum atomic E-state index is 9.08. The van der Waals surface area contributed by atoms with Crippen molar-refractivity contribution in [2.24, 2.45) is 0 Å². The third kappa shape index (κ3) is 7.15. The molecule has 0 aromatic rings. The summed E-state index contributed by atoms with van der Waals surface area (Å²) >= 11 is -2.39. The Morgan fingerprint density at radius 2 is 1.50 bits per heavy atom. The van der Waals surface area contributed by atoms with Gasteiger partial charge in [-0.25, -0.2) is 0 Å². The first-order chi connectivity index (χ1) is 10.2. The predicted molar refractivity (Wildman–Crippen MR) is 93.3 cm³/mol. The third-order valence-electron chi connectivity index (χ3n) is 4.84. The molecule has 1 fully saturated rings. The molecule has 1 aliphatic heterocycles. The normalized spacial score (nSPS) is 22.6. The standard InChI is InChI=1S/C6H11O.3C4H9.Sn/c1-6-4-2-3-5-7-6;3*1-3-4-2;/h6H,1-5H2;3*1,3-4H2,2H3;/i1D;;;;. The van der Waals surface area contributed by atoms with Gasteiger partial charge in [-0.2, -0.15) is 0 Å². The van der Waals surface area contributed by atoms with Crippen LogP contribution in [0.3, 0.4) is 0 Å². The van der Waals surface area contributed by atoms with Gasteiger partial charge in [0.2, 0.25) is 0 Å².